The number of ether oxygens (including phenoxy) is 1. The van der Waals surface area contributed by atoms with Gasteiger partial charge in [0.15, 0.2) is 0 Å². The molecule has 0 aliphatic carbocycles. The molecule has 2 N–H and O–H groups in total. The lowest BCUT2D eigenvalue weighted by Crippen LogP contribution is -2.23. The normalized spacial score (nSPS) is 11.9. The van der Waals surface area contributed by atoms with Crippen LogP contribution in [0.4, 0.5) is 0 Å². The summed E-state index contributed by atoms with van der Waals surface area (Å²) in [6.07, 6.45) is 0. The number of rotatable bonds is 4. The maximum Gasteiger partial charge on any atom is 0.233 e. The van der Waals surface area contributed by atoms with Crippen molar-refractivity contribution in [3.05, 3.63) is 52.7 Å². The van der Waals surface area contributed by atoms with Crippen LogP contribution in [-0.2, 0) is 4.79 Å². The highest BCUT2D eigenvalue weighted by Crippen LogP contribution is 2.24. The van der Waals surface area contributed by atoms with E-state index in [9.17, 15) is 4.79 Å². The molecule has 0 saturated heterocycles. The summed E-state index contributed by atoms with van der Waals surface area (Å²) in [4.78, 5) is 11.6. The fourth-order valence-corrected chi connectivity index (χ4v) is 1.86. The lowest BCUT2D eigenvalue weighted by molar-refractivity contribution is -0.118. The van der Waals surface area contributed by atoms with Crippen molar-refractivity contribution in [1.82, 2.24) is 10.2 Å². The van der Waals surface area contributed by atoms with E-state index >= 15 is 0 Å². The van der Waals surface area contributed by atoms with E-state index in [0.29, 0.717) is 16.6 Å². The average molecular weight is 278 g/mol. The molecule has 1 aromatic carbocycles. The Morgan fingerprint density at radius 3 is 2.37 bits per heavy atom. The second-order valence-corrected chi connectivity index (χ2v) is 4.32. The number of halogens is 1. The number of primary amides is 1. The van der Waals surface area contributed by atoms with E-state index in [1.54, 1.807) is 36.4 Å². The topological polar surface area (TPSA) is 78.1 Å². The van der Waals surface area contributed by atoms with Crippen LogP contribution in [0.25, 0.3) is 0 Å². The summed E-state index contributed by atoms with van der Waals surface area (Å²) in [5.74, 6) is -0.777. The van der Waals surface area contributed by atoms with Gasteiger partial charge in [-0.1, -0.05) is 23.7 Å². The summed E-state index contributed by atoms with van der Waals surface area (Å²) in [6, 6.07) is 10.2. The van der Waals surface area contributed by atoms with Crippen LogP contribution in [0.5, 0.6) is 5.88 Å². The van der Waals surface area contributed by atoms with Gasteiger partial charge in [0.05, 0.1) is 12.8 Å². The molecular formula is C13H12ClN3O2. The van der Waals surface area contributed by atoms with Crippen molar-refractivity contribution in [1.29, 1.82) is 0 Å². The molecule has 98 valence electrons. The summed E-state index contributed by atoms with van der Waals surface area (Å²) in [5.41, 5.74) is 6.63. The van der Waals surface area contributed by atoms with E-state index in [4.69, 9.17) is 22.1 Å². The quantitative estimate of drug-likeness (QED) is 0.923. The zero-order valence-corrected chi connectivity index (χ0v) is 11.0. The minimum atomic E-state index is -0.657. The number of aromatic nitrogens is 2. The SMILES string of the molecule is COc1ccc(C(C(N)=O)c2ccc(Cl)cc2)nn1. The number of carbonyl (C=O) groups is 1. The van der Waals surface area contributed by atoms with Crippen molar-refractivity contribution in [2.75, 3.05) is 7.11 Å². The Labute approximate surface area is 115 Å². The molecule has 0 bridgehead atoms. The monoisotopic (exact) mass is 277 g/mol. The molecular weight excluding hydrogens is 266 g/mol. The number of methoxy groups -OCH3 is 1. The molecule has 0 radical (unpaired) electrons. The molecule has 5 nitrogen and oxygen atoms in total. The van der Waals surface area contributed by atoms with Gasteiger partial charge in [0.1, 0.15) is 5.92 Å². The standard InChI is InChI=1S/C13H12ClN3O2/c1-19-11-7-6-10(16-17-11)12(13(15)18)8-2-4-9(14)5-3-8/h2-7,12H,1H3,(H2,15,18). The third-order valence-corrected chi connectivity index (χ3v) is 2.91. The summed E-state index contributed by atoms with van der Waals surface area (Å²) < 4.78 is 4.92. The number of hydrogen-bond donors (Lipinski definition) is 1. The van der Waals surface area contributed by atoms with Gasteiger partial charge in [-0.25, -0.2) is 0 Å². The van der Waals surface area contributed by atoms with Crippen LogP contribution in [0.3, 0.4) is 0 Å². The van der Waals surface area contributed by atoms with Crippen molar-refractivity contribution >= 4 is 17.5 Å². The van der Waals surface area contributed by atoms with Gasteiger partial charge in [-0.3, -0.25) is 4.79 Å². The van der Waals surface area contributed by atoms with E-state index < -0.39 is 11.8 Å². The second kappa shape index (κ2) is 5.67. The molecule has 2 rings (SSSR count). The van der Waals surface area contributed by atoms with Gasteiger partial charge in [-0.2, -0.15) is 5.10 Å². The first-order valence-electron chi connectivity index (χ1n) is 5.54. The maximum absolute atomic E-state index is 11.6. The number of nitrogens with zero attached hydrogens (tertiary/aromatic N) is 2. The van der Waals surface area contributed by atoms with Crippen LogP contribution in [0.1, 0.15) is 17.2 Å². The maximum atomic E-state index is 11.6. The molecule has 1 heterocycles. The number of amides is 1. The summed E-state index contributed by atoms with van der Waals surface area (Å²) >= 11 is 5.82. The number of hydrogen-bond acceptors (Lipinski definition) is 4. The molecule has 1 aromatic heterocycles. The Balaban J connectivity index is 2.39. The predicted molar refractivity (Wildman–Crippen MR) is 71.1 cm³/mol. The number of nitrogens with two attached hydrogens (primary N) is 1. The molecule has 0 fully saturated rings. The van der Waals surface area contributed by atoms with Crippen LogP contribution >= 0.6 is 11.6 Å². The lowest BCUT2D eigenvalue weighted by atomic mass is 9.95. The molecule has 0 spiro atoms. The molecule has 1 unspecified atom stereocenters. The van der Waals surface area contributed by atoms with Gasteiger partial charge in [0, 0.05) is 11.1 Å². The first-order valence-corrected chi connectivity index (χ1v) is 5.92. The molecule has 2 aromatic rings. The molecule has 19 heavy (non-hydrogen) atoms. The summed E-state index contributed by atoms with van der Waals surface area (Å²) in [6.45, 7) is 0. The van der Waals surface area contributed by atoms with Crippen molar-refractivity contribution in [3.63, 3.8) is 0 Å². The van der Waals surface area contributed by atoms with Gasteiger partial charge in [0.2, 0.25) is 11.8 Å². The van der Waals surface area contributed by atoms with E-state index in [-0.39, 0.29) is 0 Å². The predicted octanol–water partition coefficient (Wildman–Crippen LogP) is 1.76. The zero-order chi connectivity index (χ0) is 13.8. The summed E-state index contributed by atoms with van der Waals surface area (Å²) in [7, 11) is 1.49. The highest BCUT2D eigenvalue weighted by molar-refractivity contribution is 6.30. The van der Waals surface area contributed by atoms with Crippen molar-refractivity contribution < 1.29 is 9.53 Å². The Bertz CT molecular complexity index is 569. The fraction of sp³-hybridized carbons (Fsp3) is 0.154. The summed E-state index contributed by atoms with van der Waals surface area (Å²) in [5, 5.41) is 8.39. The molecule has 1 atom stereocenters. The highest BCUT2D eigenvalue weighted by atomic mass is 35.5. The van der Waals surface area contributed by atoms with Crippen molar-refractivity contribution in [2.24, 2.45) is 5.73 Å². The molecule has 1 amide bonds. The van der Waals surface area contributed by atoms with Gasteiger partial charge >= 0.3 is 0 Å². The molecule has 0 saturated carbocycles. The molecule has 0 aliphatic rings. The third kappa shape index (κ3) is 3.00. The Morgan fingerprint density at radius 2 is 1.89 bits per heavy atom. The fourth-order valence-electron chi connectivity index (χ4n) is 1.73. The Kier molecular flexibility index (Phi) is 3.97. The van der Waals surface area contributed by atoms with E-state index in [0.717, 1.165) is 5.56 Å². The number of carbonyl (C=O) groups excluding carboxylic acids is 1. The second-order valence-electron chi connectivity index (χ2n) is 3.89. The lowest BCUT2D eigenvalue weighted by Gasteiger charge is -2.13. The first-order chi connectivity index (χ1) is 9.11. The average Bonchev–Trinajstić information content (AvgIpc) is 2.42. The largest absolute Gasteiger partial charge is 0.480 e. The van der Waals surface area contributed by atoms with Gasteiger partial charge in [0.25, 0.3) is 0 Å². The highest BCUT2D eigenvalue weighted by Gasteiger charge is 2.22. The van der Waals surface area contributed by atoms with Gasteiger partial charge < -0.3 is 10.5 Å². The van der Waals surface area contributed by atoms with E-state index in [2.05, 4.69) is 10.2 Å². The van der Waals surface area contributed by atoms with Crippen LogP contribution in [0.2, 0.25) is 5.02 Å². The van der Waals surface area contributed by atoms with E-state index in [1.165, 1.54) is 7.11 Å². The zero-order valence-electron chi connectivity index (χ0n) is 10.2. The van der Waals surface area contributed by atoms with Crippen molar-refractivity contribution in [3.8, 4) is 5.88 Å². The molecule has 0 aliphatic heterocycles. The van der Waals surface area contributed by atoms with Crippen LogP contribution in [0.15, 0.2) is 36.4 Å². The van der Waals surface area contributed by atoms with Crippen molar-refractivity contribution in [2.45, 2.75) is 5.92 Å². The smallest absolute Gasteiger partial charge is 0.233 e. The Morgan fingerprint density at radius 1 is 1.21 bits per heavy atom. The minimum absolute atomic E-state index is 0.378. The third-order valence-electron chi connectivity index (χ3n) is 2.65. The van der Waals surface area contributed by atoms with Crippen LogP contribution in [0, 0.1) is 0 Å². The minimum Gasteiger partial charge on any atom is -0.480 e. The first kappa shape index (κ1) is 13.3. The van der Waals surface area contributed by atoms with Crippen LogP contribution in [-0.4, -0.2) is 23.2 Å². The van der Waals surface area contributed by atoms with Gasteiger partial charge in [-0.15, -0.1) is 5.10 Å². The van der Waals surface area contributed by atoms with Gasteiger partial charge in [-0.05, 0) is 23.8 Å². The molecule has 6 heteroatoms. The number of benzene rings is 1. The van der Waals surface area contributed by atoms with E-state index in [1.807, 2.05) is 0 Å². The Hall–Kier alpha value is -2.14. The van der Waals surface area contributed by atoms with Crippen LogP contribution < -0.4 is 10.5 Å².